The van der Waals surface area contributed by atoms with Crippen molar-refractivity contribution in [3.05, 3.63) is 132 Å². The zero-order valence-corrected chi connectivity index (χ0v) is 25.9. The van der Waals surface area contributed by atoms with Gasteiger partial charge < -0.3 is 15.0 Å². The van der Waals surface area contributed by atoms with Gasteiger partial charge in [0.05, 0.1) is 24.0 Å². The van der Waals surface area contributed by atoms with Crippen LogP contribution >= 0.6 is 0 Å². The maximum absolute atomic E-state index is 12.1. The summed E-state index contributed by atoms with van der Waals surface area (Å²) >= 11 is 0. The predicted molar refractivity (Wildman–Crippen MR) is 180 cm³/mol. The van der Waals surface area contributed by atoms with E-state index >= 15 is 0 Å². The van der Waals surface area contributed by atoms with E-state index in [-0.39, 0.29) is 37.3 Å². The van der Waals surface area contributed by atoms with Crippen LogP contribution in [0, 0.1) is 0 Å². The lowest BCUT2D eigenvalue weighted by molar-refractivity contribution is -0.139. The van der Waals surface area contributed by atoms with Crippen LogP contribution in [0.1, 0.15) is 46.0 Å². The third-order valence-corrected chi connectivity index (χ3v) is 6.98. The van der Waals surface area contributed by atoms with E-state index in [1.165, 1.54) is 10.5 Å². The van der Waals surface area contributed by atoms with Crippen LogP contribution in [0.4, 0.5) is 0 Å². The first-order valence-corrected chi connectivity index (χ1v) is 14.8. The Kier molecular flexibility index (Phi) is 11.3. The fourth-order valence-corrected chi connectivity index (χ4v) is 4.72. The minimum Gasteiger partial charge on any atom is -0.460 e. The summed E-state index contributed by atoms with van der Waals surface area (Å²) < 4.78 is 4.88. The summed E-state index contributed by atoms with van der Waals surface area (Å²) in [5.74, 6) is -0.418. The molecule has 1 aromatic heterocycles. The third-order valence-electron chi connectivity index (χ3n) is 6.98. The first-order valence-electron chi connectivity index (χ1n) is 14.8. The van der Waals surface area contributed by atoms with Crippen LogP contribution in [0.3, 0.4) is 0 Å². The average molecular weight is 617 g/mol. The lowest BCUT2D eigenvalue weighted by Crippen LogP contribution is -2.39. The van der Waals surface area contributed by atoms with Crippen LogP contribution in [-0.2, 0) is 20.7 Å². The van der Waals surface area contributed by atoms with Gasteiger partial charge in [0.15, 0.2) is 0 Å². The van der Waals surface area contributed by atoms with Gasteiger partial charge in [-0.1, -0.05) is 86.0 Å². The van der Waals surface area contributed by atoms with Crippen molar-refractivity contribution in [2.24, 2.45) is 0 Å². The monoisotopic (exact) mass is 616 g/mol. The number of imidazole rings is 1. The van der Waals surface area contributed by atoms with Gasteiger partial charge in [-0.2, -0.15) is 0 Å². The standard InChI is InChI=1S/C15H17N3O3.C14H11NO2.C8H8/c1-10(2)15(20)21-8-7-16-14(19)9-13-17-11-5-3-4-6-12(11)18-13;1-2-15-13(16)10-7-3-5-9-6-4-8-11(12(9)10)14(15)17;1-2-8-6-4-3-5-7-8/h3-6H,1,7-9H2,2H3,(H,16,19)(H,17,18);3-8H,2H2,1H3;2-7H,1H2. The summed E-state index contributed by atoms with van der Waals surface area (Å²) in [5, 5.41) is 4.39. The molecule has 6 rings (SSSR count). The number of amides is 3. The van der Waals surface area contributed by atoms with Crippen LogP contribution in [0.15, 0.2) is 110 Å². The molecule has 0 bridgehead atoms. The van der Waals surface area contributed by atoms with Gasteiger partial charge in [-0.05, 0) is 49.1 Å². The molecule has 4 aromatic carbocycles. The molecular weight excluding hydrogens is 580 g/mol. The third kappa shape index (κ3) is 8.21. The van der Waals surface area contributed by atoms with Crippen molar-refractivity contribution in [1.82, 2.24) is 20.2 Å². The summed E-state index contributed by atoms with van der Waals surface area (Å²) in [6.07, 6.45) is 1.99. The molecule has 0 unspecified atom stereocenters. The predicted octanol–water partition coefficient (Wildman–Crippen LogP) is 6.13. The molecule has 0 spiro atoms. The van der Waals surface area contributed by atoms with Crippen molar-refractivity contribution in [2.75, 3.05) is 19.7 Å². The molecule has 0 saturated carbocycles. The fraction of sp³-hybridized carbons (Fsp3) is 0.162. The lowest BCUT2D eigenvalue weighted by Gasteiger charge is -2.25. The molecule has 2 N–H and O–H groups in total. The molecule has 3 amide bonds. The van der Waals surface area contributed by atoms with E-state index in [1.807, 2.05) is 91.9 Å². The van der Waals surface area contributed by atoms with E-state index in [0.717, 1.165) is 21.8 Å². The first-order chi connectivity index (χ1) is 22.2. The summed E-state index contributed by atoms with van der Waals surface area (Å²) in [4.78, 5) is 55.9. The number of aromatic amines is 1. The van der Waals surface area contributed by atoms with Crippen LogP contribution in [0.2, 0.25) is 0 Å². The van der Waals surface area contributed by atoms with Gasteiger partial charge >= 0.3 is 5.97 Å². The Morgan fingerprint density at radius 1 is 0.913 bits per heavy atom. The molecule has 234 valence electrons. The lowest BCUT2D eigenvalue weighted by atomic mass is 9.94. The molecular formula is C37H36N4O5. The van der Waals surface area contributed by atoms with E-state index in [4.69, 9.17) is 4.74 Å². The number of esters is 1. The minimum absolute atomic E-state index is 0.123. The van der Waals surface area contributed by atoms with E-state index in [1.54, 1.807) is 19.1 Å². The van der Waals surface area contributed by atoms with Gasteiger partial charge in [0.2, 0.25) is 5.91 Å². The highest BCUT2D eigenvalue weighted by Gasteiger charge is 2.31. The van der Waals surface area contributed by atoms with Crippen molar-refractivity contribution in [3.8, 4) is 0 Å². The number of nitrogens with one attached hydrogen (secondary N) is 2. The molecule has 1 aliphatic rings. The molecule has 0 atom stereocenters. The molecule has 0 fully saturated rings. The quantitative estimate of drug-likeness (QED) is 0.0937. The Morgan fingerprint density at radius 2 is 1.54 bits per heavy atom. The summed E-state index contributed by atoms with van der Waals surface area (Å²) in [5.41, 5.74) is 4.49. The Morgan fingerprint density at radius 3 is 2.11 bits per heavy atom. The Bertz CT molecular complexity index is 1810. The maximum atomic E-state index is 12.1. The molecule has 0 saturated heterocycles. The van der Waals surface area contributed by atoms with E-state index < -0.39 is 5.97 Å². The molecule has 2 heterocycles. The number of ether oxygens (including phenoxy) is 1. The van der Waals surface area contributed by atoms with Gasteiger partial charge in [0.1, 0.15) is 12.4 Å². The van der Waals surface area contributed by atoms with Crippen molar-refractivity contribution in [2.45, 2.75) is 20.3 Å². The Labute approximate surface area is 267 Å². The van der Waals surface area contributed by atoms with Crippen molar-refractivity contribution < 1.29 is 23.9 Å². The summed E-state index contributed by atoms with van der Waals surface area (Å²) in [6.45, 7) is 11.3. The SMILES string of the molecule is C=C(C)C(=O)OCCNC(=O)Cc1nc2ccccc2[nH]1.C=Cc1ccccc1.CCN1C(=O)c2cccc3cccc(c23)C1=O. The highest BCUT2D eigenvalue weighted by molar-refractivity contribution is 6.25. The van der Waals surface area contributed by atoms with E-state index in [9.17, 15) is 19.2 Å². The molecule has 9 nitrogen and oxygen atoms in total. The number of benzene rings is 4. The van der Waals surface area contributed by atoms with Gasteiger partial charge in [0.25, 0.3) is 11.8 Å². The second-order valence-electron chi connectivity index (χ2n) is 10.3. The Balaban J connectivity index is 0.000000171. The number of carbonyl (C=O) groups excluding carboxylic acids is 4. The van der Waals surface area contributed by atoms with Crippen molar-refractivity contribution in [3.63, 3.8) is 0 Å². The zero-order valence-electron chi connectivity index (χ0n) is 25.9. The number of hydrogen-bond donors (Lipinski definition) is 2. The number of para-hydroxylation sites is 2. The molecule has 5 aromatic rings. The summed E-state index contributed by atoms with van der Waals surface area (Å²) in [6, 6.07) is 28.7. The molecule has 0 aliphatic carbocycles. The van der Waals surface area contributed by atoms with Crippen LogP contribution in [0.25, 0.3) is 27.9 Å². The number of fused-ring (bicyclic) bond motifs is 1. The number of hydrogen-bond acceptors (Lipinski definition) is 6. The first kappa shape index (κ1) is 33.1. The largest absolute Gasteiger partial charge is 0.460 e. The maximum Gasteiger partial charge on any atom is 0.333 e. The van der Waals surface area contributed by atoms with E-state index in [0.29, 0.717) is 29.1 Å². The smallest absolute Gasteiger partial charge is 0.333 e. The van der Waals surface area contributed by atoms with Gasteiger partial charge in [0, 0.05) is 28.6 Å². The van der Waals surface area contributed by atoms with Crippen LogP contribution < -0.4 is 5.32 Å². The minimum atomic E-state index is -0.457. The number of rotatable bonds is 8. The normalized spacial score (nSPS) is 11.6. The molecule has 0 radical (unpaired) electrons. The van der Waals surface area contributed by atoms with Gasteiger partial charge in [-0.15, -0.1) is 0 Å². The molecule has 1 aliphatic heterocycles. The van der Waals surface area contributed by atoms with Gasteiger partial charge in [-0.25, -0.2) is 9.78 Å². The highest BCUT2D eigenvalue weighted by Crippen LogP contribution is 2.29. The van der Waals surface area contributed by atoms with Crippen molar-refractivity contribution in [1.29, 1.82) is 0 Å². The van der Waals surface area contributed by atoms with Crippen molar-refractivity contribution >= 4 is 51.6 Å². The topological polar surface area (TPSA) is 121 Å². The fourth-order valence-electron chi connectivity index (χ4n) is 4.72. The summed E-state index contributed by atoms with van der Waals surface area (Å²) in [7, 11) is 0. The van der Waals surface area contributed by atoms with Crippen LogP contribution in [-0.4, -0.2) is 58.3 Å². The van der Waals surface area contributed by atoms with E-state index in [2.05, 4.69) is 28.4 Å². The second kappa shape index (κ2) is 15.8. The second-order valence-corrected chi connectivity index (χ2v) is 10.3. The average Bonchev–Trinajstić information content (AvgIpc) is 3.49. The van der Waals surface area contributed by atoms with Gasteiger partial charge in [-0.3, -0.25) is 19.3 Å². The van der Waals surface area contributed by atoms with Crippen LogP contribution in [0.5, 0.6) is 0 Å². The molecule has 46 heavy (non-hydrogen) atoms. The highest BCUT2D eigenvalue weighted by atomic mass is 16.5. The number of imide groups is 1. The number of H-pyrrole nitrogens is 1. The number of carbonyl (C=O) groups is 4. The molecule has 9 heteroatoms. The number of nitrogens with zero attached hydrogens (tertiary/aromatic N) is 2. The number of aromatic nitrogens is 2. The Hall–Kier alpha value is -5.83. The zero-order chi connectivity index (χ0) is 33.1.